The maximum absolute atomic E-state index is 10.6. The number of methoxy groups -OCH3 is 1. The molecule has 0 spiro atoms. The minimum Gasteiger partial charge on any atom is -0.496 e. The molecule has 22 heteroatoms. The second kappa shape index (κ2) is 29.0. The number of benzene rings is 1. The summed E-state index contributed by atoms with van der Waals surface area (Å²) in [7, 11) is 1.70. The number of nitrogens with two attached hydrogens (primary N) is 4. The third kappa shape index (κ3) is 16.4. The van der Waals surface area contributed by atoms with Crippen molar-refractivity contribution in [1.82, 2.24) is 39.7 Å². The van der Waals surface area contributed by atoms with E-state index in [1.807, 2.05) is 37.6 Å². The number of aromatic amines is 1. The van der Waals surface area contributed by atoms with Crippen molar-refractivity contribution in [3.8, 4) is 22.9 Å². The summed E-state index contributed by atoms with van der Waals surface area (Å²) < 4.78 is 35.8. The fourth-order valence-electron chi connectivity index (χ4n) is 9.04. The summed E-state index contributed by atoms with van der Waals surface area (Å²) in [5.41, 5.74) is 20.3. The molecule has 4 saturated heterocycles. The van der Waals surface area contributed by atoms with Gasteiger partial charge in [-0.15, -0.1) is 0 Å². The number of halogens is 1. The molecule has 0 bridgehead atoms. The van der Waals surface area contributed by atoms with Crippen molar-refractivity contribution >= 4 is 49.5 Å². The van der Waals surface area contributed by atoms with Crippen molar-refractivity contribution < 1.29 is 38.1 Å². The van der Waals surface area contributed by atoms with Crippen LogP contribution in [0.4, 0.5) is 5.82 Å². The number of nitriles is 1. The molecular formula is C55H80BrN13O8. The highest BCUT2D eigenvalue weighted by Gasteiger charge is 2.31. The standard InChI is InChI=1S/C28H30N6O3.C10H15N3O.C6H7NO.C5H11NO.C4H7BrO.C2H6O.H4N2/c1-14-26(15(2)37-33-14)21-9-23-20(10-25(21)35-4)27-24(29-16(3)30-28(27)31-23)8-19-7-22(18-5-6-18)32-34(19)11-17-12-36-13-17;11-10-3-9(8-1-2-8)12-13(10)4-7-5-14-6-7;7-4-3-6(8)5-1-2-5;6-2-1-5-3-7-4-5;5-1-4-2-6-3-4;1-2-3;1-2/h7,9-10,17-18H,5-6,8,11-13H2,1-4H3,(H,29,30,31);3,7-8H,1-2,4-6,11H2;5H,1-3H2;5H,1-4,6H2;4H,1-3H2;3H,2H2,1H3;1-2H2. The molecule has 0 unspecified atom stereocenters. The van der Waals surface area contributed by atoms with Crippen molar-refractivity contribution in [2.45, 2.75) is 110 Å². The van der Waals surface area contributed by atoms with Crippen LogP contribution in [0.3, 0.4) is 0 Å². The predicted octanol–water partition coefficient (Wildman–Crippen LogP) is 6.71. The van der Waals surface area contributed by atoms with Gasteiger partial charge in [0.05, 0.1) is 107 Å². The second-order valence-electron chi connectivity index (χ2n) is 20.7. The molecule has 1 aromatic carbocycles. The van der Waals surface area contributed by atoms with Gasteiger partial charge in [-0.2, -0.15) is 15.5 Å². The number of hydrogen-bond acceptors (Lipinski definition) is 18. The first-order valence-corrected chi connectivity index (χ1v) is 28.2. The molecule has 77 heavy (non-hydrogen) atoms. The summed E-state index contributed by atoms with van der Waals surface area (Å²) in [5.74, 6) is 15.5. The molecule has 4 aliphatic heterocycles. The summed E-state index contributed by atoms with van der Waals surface area (Å²) in [6, 6.07) is 10.3. The van der Waals surface area contributed by atoms with E-state index in [0.29, 0.717) is 30.1 Å². The zero-order valence-electron chi connectivity index (χ0n) is 45.5. The summed E-state index contributed by atoms with van der Waals surface area (Å²) >= 11 is 3.35. The summed E-state index contributed by atoms with van der Waals surface area (Å²) in [5, 5.41) is 32.5. The maximum Gasteiger partial charge on any atom is 0.149 e. The Hall–Kier alpha value is -5.35. The highest BCUT2D eigenvalue weighted by Crippen LogP contribution is 2.43. The van der Waals surface area contributed by atoms with Gasteiger partial charge in [0.15, 0.2) is 0 Å². The van der Waals surface area contributed by atoms with Gasteiger partial charge in [0.25, 0.3) is 0 Å². The Bertz CT molecular complexity index is 2830. The van der Waals surface area contributed by atoms with E-state index in [0.717, 1.165) is 177 Å². The molecule has 6 aromatic rings. The molecule has 5 aromatic heterocycles. The number of Topliss-reactive ketones (excluding diaryl/α,β-unsaturated/α-hetero) is 1. The Morgan fingerprint density at radius 1 is 0.844 bits per heavy atom. The lowest BCUT2D eigenvalue weighted by molar-refractivity contribution is -0.119. The molecule has 7 fully saturated rings. The van der Waals surface area contributed by atoms with Crippen LogP contribution >= 0.6 is 15.9 Å². The van der Waals surface area contributed by atoms with Gasteiger partial charge >= 0.3 is 0 Å². The number of anilines is 1. The van der Waals surface area contributed by atoms with Crippen molar-refractivity contribution in [1.29, 1.82) is 5.26 Å². The number of aryl methyl sites for hydroxylation is 3. The fourth-order valence-corrected chi connectivity index (χ4v) is 9.42. The molecule has 3 aliphatic carbocycles. The minimum absolute atomic E-state index is 0.116. The van der Waals surface area contributed by atoms with Crippen molar-refractivity contribution in [3.05, 3.63) is 64.3 Å². The van der Waals surface area contributed by atoms with E-state index in [1.165, 1.54) is 42.8 Å². The SMILES string of the molecule is BrCC1COC1.CCO.COc1cc2c(cc1-c1c(C)noc1C)[nH]c1nc(C)nc(Cc3cc(C4CC4)nn3CC3COC3)c12.N#CCC(=O)C1CC1.NCCC1COC1.NN.Nc1cc(C2CC2)nn1CC1COC1. The topological polar surface area (TPSA) is 315 Å². The van der Waals surface area contributed by atoms with E-state index in [1.54, 1.807) is 14.0 Å². The predicted molar refractivity (Wildman–Crippen MR) is 297 cm³/mol. The fraction of sp³-hybridized carbons (Fsp3) is 0.618. The van der Waals surface area contributed by atoms with Crippen LogP contribution in [0.2, 0.25) is 0 Å². The third-order valence-corrected chi connectivity index (χ3v) is 15.0. The summed E-state index contributed by atoms with van der Waals surface area (Å²) in [6.45, 7) is 17.5. The van der Waals surface area contributed by atoms with E-state index in [4.69, 9.17) is 65.1 Å². The van der Waals surface area contributed by atoms with Crippen molar-refractivity contribution in [2.24, 2.45) is 47.0 Å². The van der Waals surface area contributed by atoms with Crippen LogP contribution in [-0.4, -0.2) is 129 Å². The highest BCUT2D eigenvalue weighted by molar-refractivity contribution is 9.09. The lowest BCUT2D eigenvalue weighted by atomic mass is 10.00. The number of ether oxygens (including phenoxy) is 5. The summed E-state index contributed by atoms with van der Waals surface area (Å²) in [6.07, 6.45) is 9.00. The Morgan fingerprint density at radius 3 is 1.87 bits per heavy atom. The van der Waals surface area contributed by atoms with Gasteiger partial charge in [-0.1, -0.05) is 21.1 Å². The molecular weight excluding hydrogens is 1050 g/mol. The molecule has 10 N–H and O–H groups in total. The molecule has 0 amide bonds. The van der Waals surface area contributed by atoms with Crippen LogP contribution in [-0.2, 0) is 43.3 Å². The van der Waals surface area contributed by atoms with Crippen molar-refractivity contribution in [3.63, 3.8) is 0 Å². The highest BCUT2D eigenvalue weighted by atomic mass is 79.9. The maximum atomic E-state index is 10.6. The van der Waals surface area contributed by atoms with Gasteiger partial charge in [-0.25, -0.2) is 14.6 Å². The summed E-state index contributed by atoms with van der Waals surface area (Å²) in [4.78, 5) is 23.8. The first-order chi connectivity index (χ1) is 37.4. The number of hydrogen-bond donors (Lipinski definition) is 6. The van der Waals surface area contributed by atoms with Crippen molar-refractivity contribution in [2.75, 3.05) is 84.2 Å². The molecule has 0 atom stereocenters. The van der Waals surface area contributed by atoms with Crippen LogP contribution in [0.1, 0.15) is 110 Å². The van der Waals surface area contributed by atoms with Gasteiger partial charge in [0.1, 0.15) is 34.6 Å². The number of aliphatic hydroxyl groups excluding tert-OH is 1. The number of nitrogens with one attached hydrogen (secondary N) is 1. The largest absolute Gasteiger partial charge is 0.496 e. The lowest BCUT2D eigenvalue weighted by Crippen LogP contribution is -2.32. The minimum atomic E-state index is 0.116. The first-order valence-electron chi connectivity index (χ1n) is 27.0. The van der Waals surface area contributed by atoms with E-state index in [2.05, 4.69) is 65.7 Å². The molecule has 13 rings (SSSR count). The van der Waals surface area contributed by atoms with E-state index < -0.39 is 0 Å². The monoisotopic (exact) mass is 1130 g/mol. The zero-order chi connectivity index (χ0) is 55.0. The lowest BCUT2D eigenvalue weighted by Gasteiger charge is -2.26. The Balaban J connectivity index is 0.000000173. The van der Waals surface area contributed by atoms with Crippen LogP contribution < -0.4 is 27.9 Å². The number of aromatic nitrogens is 8. The van der Waals surface area contributed by atoms with Gasteiger partial charge in [-0.05, 0) is 97.4 Å². The third-order valence-electron chi connectivity index (χ3n) is 14.1. The smallest absolute Gasteiger partial charge is 0.149 e. The number of H-pyrrole nitrogens is 1. The number of alkyl halides is 1. The molecule has 9 heterocycles. The number of nitrogen functional groups attached to an aromatic ring is 1. The van der Waals surface area contributed by atoms with Crippen LogP contribution in [0.5, 0.6) is 5.75 Å². The number of ketones is 1. The Morgan fingerprint density at radius 2 is 1.42 bits per heavy atom. The Kier molecular flexibility index (Phi) is 22.4. The van der Waals surface area contributed by atoms with E-state index in [9.17, 15) is 4.79 Å². The van der Waals surface area contributed by atoms with E-state index >= 15 is 0 Å². The number of hydrazine groups is 1. The number of fused-ring (bicyclic) bond motifs is 3. The molecule has 0 radical (unpaired) electrons. The van der Waals surface area contributed by atoms with Crippen LogP contribution in [0.15, 0.2) is 28.8 Å². The average molecular weight is 1130 g/mol. The molecule has 420 valence electrons. The second-order valence-corrected chi connectivity index (χ2v) is 21.4. The molecule has 7 aliphatic rings. The van der Waals surface area contributed by atoms with E-state index in [-0.39, 0.29) is 24.7 Å². The van der Waals surface area contributed by atoms with Gasteiger partial charge in [0.2, 0.25) is 0 Å². The normalized spacial score (nSPS) is 17.7. The molecule has 21 nitrogen and oxygen atoms in total. The Labute approximate surface area is 459 Å². The number of carbonyl (C=O) groups excluding carboxylic acids is 1. The molecule has 3 saturated carbocycles. The quantitative estimate of drug-likeness (QED) is 0.0354. The van der Waals surface area contributed by atoms with Crippen LogP contribution in [0, 0.1) is 61.7 Å². The number of rotatable bonds is 15. The zero-order valence-corrected chi connectivity index (χ0v) is 47.1. The van der Waals surface area contributed by atoms with Gasteiger partial charge in [-0.3, -0.25) is 21.2 Å². The average Bonchev–Trinajstić information content (AvgIpc) is 4.31. The van der Waals surface area contributed by atoms with Gasteiger partial charge in [0, 0.05) is 99.9 Å². The number of aliphatic hydroxyl groups is 1. The van der Waals surface area contributed by atoms with Crippen LogP contribution in [0.25, 0.3) is 33.1 Å². The number of nitrogens with zero attached hydrogens (tertiary/aromatic N) is 8. The van der Waals surface area contributed by atoms with Gasteiger partial charge < -0.3 is 49.8 Å². The number of carbonyl (C=O) groups is 1. The first kappa shape index (κ1) is 59.3.